The van der Waals surface area contributed by atoms with Crippen LogP contribution in [0.15, 0.2) is 24.4 Å². The molecule has 21 heavy (non-hydrogen) atoms. The summed E-state index contributed by atoms with van der Waals surface area (Å²) in [7, 11) is 0. The van der Waals surface area contributed by atoms with Gasteiger partial charge in [0.05, 0.1) is 6.42 Å². The Hall–Kier alpha value is -2.30. The van der Waals surface area contributed by atoms with Crippen LogP contribution in [0.25, 0.3) is 10.9 Å². The van der Waals surface area contributed by atoms with Gasteiger partial charge in [0.15, 0.2) is 0 Å². The molecule has 0 saturated carbocycles. The van der Waals surface area contributed by atoms with E-state index in [1.54, 1.807) is 6.92 Å². The van der Waals surface area contributed by atoms with Gasteiger partial charge >= 0.3 is 5.97 Å². The number of aromatic amines is 1. The molecule has 0 bridgehead atoms. The monoisotopic (exact) mass is 288 g/mol. The number of nitrogens with one attached hydrogen (secondary N) is 2. The summed E-state index contributed by atoms with van der Waals surface area (Å²) in [5.74, 6) is -1.27. The number of carboxylic acids is 1. The highest BCUT2D eigenvalue weighted by molar-refractivity contribution is 5.91. The Labute approximate surface area is 123 Å². The van der Waals surface area contributed by atoms with E-state index < -0.39 is 12.0 Å². The van der Waals surface area contributed by atoms with E-state index in [4.69, 9.17) is 5.11 Å². The largest absolute Gasteiger partial charge is 0.480 e. The second-order valence-electron chi connectivity index (χ2n) is 5.05. The number of amides is 1. The van der Waals surface area contributed by atoms with E-state index in [-0.39, 0.29) is 12.3 Å². The number of fused-ring (bicyclic) bond motifs is 1. The van der Waals surface area contributed by atoms with Gasteiger partial charge in [0, 0.05) is 17.1 Å². The molecule has 2 aromatic rings. The lowest BCUT2D eigenvalue weighted by Crippen LogP contribution is -2.40. The highest BCUT2D eigenvalue weighted by atomic mass is 16.4. The maximum absolute atomic E-state index is 12.0. The summed E-state index contributed by atoms with van der Waals surface area (Å²) in [6, 6.07) is 5.18. The number of aryl methyl sites for hydroxylation is 1. The van der Waals surface area contributed by atoms with Crippen LogP contribution in [0.3, 0.4) is 0 Å². The number of para-hydroxylation sites is 1. The summed E-state index contributed by atoms with van der Waals surface area (Å²) < 4.78 is 0. The van der Waals surface area contributed by atoms with Gasteiger partial charge in [-0.3, -0.25) is 4.79 Å². The van der Waals surface area contributed by atoms with Crippen LogP contribution in [0.2, 0.25) is 0 Å². The molecule has 0 spiro atoms. The van der Waals surface area contributed by atoms with Crippen molar-refractivity contribution in [2.45, 2.75) is 39.2 Å². The molecule has 112 valence electrons. The Bertz CT molecular complexity index is 661. The molecule has 1 unspecified atom stereocenters. The highest BCUT2D eigenvalue weighted by Gasteiger charge is 2.18. The van der Waals surface area contributed by atoms with E-state index in [2.05, 4.69) is 23.3 Å². The quantitative estimate of drug-likeness (QED) is 0.762. The van der Waals surface area contributed by atoms with Crippen LogP contribution in [0, 0.1) is 0 Å². The van der Waals surface area contributed by atoms with Gasteiger partial charge in [-0.25, -0.2) is 4.79 Å². The molecule has 5 nitrogen and oxygen atoms in total. The lowest BCUT2D eigenvalue weighted by atomic mass is 10.1. The van der Waals surface area contributed by atoms with Gasteiger partial charge in [-0.1, -0.05) is 32.0 Å². The lowest BCUT2D eigenvalue weighted by molar-refractivity contribution is -0.141. The molecular formula is C16H20N2O3. The van der Waals surface area contributed by atoms with Gasteiger partial charge in [0.1, 0.15) is 6.04 Å². The third-order valence-electron chi connectivity index (χ3n) is 3.66. The number of H-pyrrole nitrogens is 1. The summed E-state index contributed by atoms with van der Waals surface area (Å²) in [5.41, 5.74) is 3.14. The second kappa shape index (κ2) is 6.43. The van der Waals surface area contributed by atoms with E-state index in [0.717, 1.165) is 22.9 Å². The van der Waals surface area contributed by atoms with Gasteiger partial charge in [-0.15, -0.1) is 0 Å². The van der Waals surface area contributed by atoms with Gasteiger partial charge in [0.2, 0.25) is 5.91 Å². The zero-order valence-electron chi connectivity index (χ0n) is 12.3. The standard InChI is InChI=1S/C16H20N2O3/c1-3-10-6-5-7-12-11(9-17-15(10)12)8-14(19)18-13(4-2)16(20)21/h5-7,9,13,17H,3-4,8H2,1-2H3,(H,18,19)(H,20,21). The maximum atomic E-state index is 12.0. The fourth-order valence-corrected chi connectivity index (χ4v) is 2.47. The highest BCUT2D eigenvalue weighted by Crippen LogP contribution is 2.22. The van der Waals surface area contributed by atoms with Crippen LogP contribution in [-0.2, 0) is 22.4 Å². The molecule has 0 aliphatic rings. The smallest absolute Gasteiger partial charge is 0.326 e. The van der Waals surface area contributed by atoms with Crippen molar-refractivity contribution in [1.29, 1.82) is 0 Å². The third kappa shape index (κ3) is 3.24. The lowest BCUT2D eigenvalue weighted by Gasteiger charge is -2.11. The minimum atomic E-state index is -1.00. The van der Waals surface area contributed by atoms with Gasteiger partial charge in [0.25, 0.3) is 0 Å². The van der Waals surface area contributed by atoms with Crippen molar-refractivity contribution in [2.24, 2.45) is 0 Å². The number of hydrogen-bond acceptors (Lipinski definition) is 2. The van der Waals surface area contributed by atoms with Crippen molar-refractivity contribution in [2.75, 3.05) is 0 Å². The van der Waals surface area contributed by atoms with Crippen molar-refractivity contribution < 1.29 is 14.7 Å². The Morgan fingerprint density at radius 1 is 1.29 bits per heavy atom. The topological polar surface area (TPSA) is 82.2 Å². The molecule has 1 aromatic heterocycles. The fourth-order valence-electron chi connectivity index (χ4n) is 2.47. The zero-order chi connectivity index (χ0) is 15.4. The predicted molar refractivity (Wildman–Crippen MR) is 81.2 cm³/mol. The summed E-state index contributed by atoms with van der Waals surface area (Å²) in [6.45, 7) is 3.82. The molecule has 0 aliphatic heterocycles. The predicted octanol–water partition coefficient (Wildman–Crippen LogP) is 2.25. The zero-order valence-corrected chi connectivity index (χ0v) is 12.3. The molecule has 0 radical (unpaired) electrons. The fraction of sp³-hybridized carbons (Fsp3) is 0.375. The number of rotatable bonds is 6. The van der Waals surface area contributed by atoms with E-state index in [9.17, 15) is 9.59 Å². The Morgan fingerprint density at radius 2 is 2.05 bits per heavy atom. The van der Waals surface area contributed by atoms with Crippen LogP contribution >= 0.6 is 0 Å². The Morgan fingerprint density at radius 3 is 2.67 bits per heavy atom. The number of carbonyl (C=O) groups excluding carboxylic acids is 1. The summed E-state index contributed by atoms with van der Waals surface area (Å²) >= 11 is 0. The second-order valence-corrected chi connectivity index (χ2v) is 5.05. The number of aliphatic carboxylic acids is 1. The van der Waals surface area contributed by atoms with Gasteiger partial charge in [-0.2, -0.15) is 0 Å². The third-order valence-corrected chi connectivity index (χ3v) is 3.66. The molecule has 0 saturated heterocycles. The van der Waals surface area contributed by atoms with E-state index in [1.807, 2.05) is 18.3 Å². The summed E-state index contributed by atoms with van der Waals surface area (Å²) in [6.07, 6.45) is 3.29. The average Bonchev–Trinajstić information content (AvgIpc) is 2.87. The molecule has 0 aliphatic carbocycles. The van der Waals surface area contributed by atoms with Gasteiger partial charge in [-0.05, 0) is 24.0 Å². The molecule has 1 aromatic carbocycles. The van der Waals surface area contributed by atoms with Crippen LogP contribution in [0.4, 0.5) is 0 Å². The number of benzene rings is 1. The van der Waals surface area contributed by atoms with E-state index in [0.29, 0.717) is 6.42 Å². The molecule has 2 rings (SSSR count). The number of carboxylic acid groups (broad SMARTS) is 1. The summed E-state index contributed by atoms with van der Waals surface area (Å²) in [5, 5.41) is 12.5. The van der Waals surface area contributed by atoms with Crippen LogP contribution in [0.1, 0.15) is 31.4 Å². The van der Waals surface area contributed by atoms with E-state index in [1.165, 1.54) is 5.56 Å². The van der Waals surface area contributed by atoms with Crippen molar-refractivity contribution in [3.05, 3.63) is 35.5 Å². The molecule has 3 N–H and O–H groups in total. The Balaban J connectivity index is 2.17. The molecule has 1 atom stereocenters. The first-order chi connectivity index (χ1) is 10.1. The number of aromatic nitrogens is 1. The van der Waals surface area contributed by atoms with Crippen LogP contribution in [0.5, 0.6) is 0 Å². The van der Waals surface area contributed by atoms with Crippen LogP contribution in [-0.4, -0.2) is 28.0 Å². The minimum absolute atomic E-state index is 0.178. The van der Waals surface area contributed by atoms with Crippen molar-refractivity contribution >= 4 is 22.8 Å². The van der Waals surface area contributed by atoms with Crippen molar-refractivity contribution in [3.63, 3.8) is 0 Å². The first-order valence-electron chi connectivity index (χ1n) is 7.16. The first kappa shape index (κ1) is 15.1. The minimum Gasteiger partial charge on any atom is -0.480 e. The molecule has 1 heterocycles. The maximum Gasteiger partial charge on any atom is 0.326 e. The molecule has 0 fully saturated rings. The normalized spacial score (nSPS) is 12.3. The first-order valence-corrected chi connectivity index (χ1v) is 7.16. The van der Waals surface area contributed by atoms with Crippen molar-refractivity contribution in [1.82, 2.24) is 10.3 Å². The molecule has 5 heteroatoms. The average molecular weight is 288 g/mol. The molecule has 1 amide bonds. The SMILES string of the molecule is CCc1cccc2c(CC(=O)NC(CC)C(=O)O)c[nH]c12. The Kier molecular flexibility index (Phi) is 4.62. The molecular weight excluding hydrogens is 268 g/mol. The number of carbonyl (C=O) groups is 2. The summed E-state index contributed by atoms with van der Waals surface area (Å²) in [4.78, 5) is 26.1. The van der Waals surface area contributed by atoms with Crippen molar-refractivity contribution in [3.8, 4) is 0 Å². The van der Waals surface area contributed by atoms with Gasteiger partial charge < -0.3 is 15.4 Å². The number of hydrogen-bond donors (Lipinski definition) is 3. The van der Waals surface area contributed by atoms with E-state index >= 15 is 0 Å². The van der Waals surface area contributed by atoms with Crippen LogP contribution < -0.4 is 5.32 Å².